The van der Waals surface area contributed by atoms with E-state index in [0.717, 1.165) is 17.4 Å². The van der Waals surface area contributed by atoms with E-state index < -0.39 is 0 Å². The standard InChI is InChI=1S/C14H17N3OS/c1-2-5-11(6-3-1)14-17-16-13(18-14)10-15-9-12-7-4-8-19-12/h1-3,5-6,12,15H,4,7-10H2. The Bertz CT molecular complexity index is 508. The monoisotopic (exact) mass is 275 g/mol. The van der Waals surface area contributed by atoms with Gasteiger partial charge < -0.3 is 9.73 Å². The van der Waals surface area contributed by atoms with E-state index in [1.165, 1.54) is 18.6 Å². The fraction of sp³-hybridized carbons (Fsp3) is 0.429. The highest BCUT2D eigenvalue weighted by Gasteiger charge is 2.15. The number of nitrogens with zero attached hydrogens (tertiary/aromatic N) is 2. The molecule has 5 heteroatoms. The van der Waals surface area contributed by atoms with Gasteiger partial charge in [0.15, 0.2) is 0 Å². The quantitative estimate of drug-likeness (QED) is 0.909. The zero-order chi connectivity index (χ0) is 12.9. The molecule has 1 atom stereocenters. The van der Waals surface area contributed by atoms with Gasteiger partial charge >= 0.3 is 0 Å². The number of rotatable bonds is 5. The van der Waals surface area contributed by atoms with Crippen LogP contribution in [0.2, 0.25) is 0 Å². The van der Waals surface area contributed by atoms with E-state index in [-0.39, 0.29) is 0 Å². The average Bonchev–Trinajstić information content (AvgIpc) is 3.11. The predicted octanol–water partition coefficient (Wildman–Crippen LogP) is 2.72. The fourth-order valence-corrected chi connectivity index (χ4v) is 3.40. The normalized spacial score (nSPS) is 18.8. The Morgan fingerprint density at radius 3 is 2.95 bits per heavy atom. The van der Waals surface area contributed by atoms with Crippen LogP contribution in [0.25, 0.3) is 11.5 Å². The molecule has 0 saturated carbocycles. The maximum atomic E-state index is 5.64. The van der Waals surface area contributed by atoms with Crippen LogP contribution >= 0.6 is 11.8 Å². The number of thioether (sulfide) groups is 1. The molecule has 1 aliphatic rings. The van der Waals surface area contributed by atoms with E-state index in [9.17, 15) is 0 Å². The van der Waals surface area contributed by atoms with Crippen molar-refractivity contribution in [2.24, 2.45) is 0 Å². The summed E-state index contributed by atoms with van der Waals surface area (Å²) in [7, 11) is 0. The highest BCUT2D eigenvalue weighted by atomic mass is 32.2. The van der Waals surface area contributed by atoms with Crippen molar-refractivity contribution in [2.75, 3.05) is 12.3 Å². The van der Waals surface area contributed by atoms with Crippen LogP contribution in [0, 0.1) is 0 Å². The van der Waals surface area contributed by atoms with Crippen molar-refractivity contribution in [3.05, 3.63) is 36.2 Å². The minimum absolute atomic E-state index is 0.590. The Kier molecular flexibility index (Phi) is 4.15. The lowest BCUT2D eigenvalue weighted by molar-refractivity contribution is 0.476. The van der Waals surface area contributed by atoms with E-state index in [4.69, 9.17) is 4.42 Å². The third kappa shape index (κ3) is 3.36. The van der Waals surface area contributed by atoms with Gasteiger partial charge in [0.2, 0.25) is 11.8 Å². The highest BCUT2D eigenvalue weighted by molar-refractivity contribution is 8.00. The van der Waals surface area contributed by atoms with Gasteiger partial charge in [-0.05, 0) is 30.7 Å². The molecule has 100 valence electrons. The van der Waals surface area contributed by atoms with E-state index in [0.29, 0.717) is 18.3 Å². The molecule has 1 N–H and O–H groups in total. The number of benzene rings is 1. The summed E-state index contributed by atoms with van der Waals surface area (Å²) >= 11 is 2.05. The molecule has 1 aromatic carbocycles. The Labute approximate surface area is 117 Å². The second kappa shape index (κ2) is 6.21. The Morgan fingerprint density at radius 1 is 1.26 bits per heavy atom. The Morgan fingerprint density at radius 2 is 2.16 bits per heavy atom. The van der Waals surface area contributed by atoms with Gasteiger partial charge in [-0.3, -0.25) is 0 Å². The largest absolute Gasteiger partial charge is 0.419 e. The third-order valence-corrected chi connectivity index (χ3v) is 4.56. The van der Waals surface area contributed by atoms with E-state index >= 15 is 0 Å². The molecule has 19 heavy (non-hydrogen) atoms. The predicted molar refractivity (Wildman–Crippen MR) is 76.9 cm³/mol. The van der Waals surface area contributed by atoms with Crippen LogP contribution in [0.5, 0.6) is 0 Å². The molecule has 0 amide bonds. The first kappa shape index (κ1) is 12.7. The first-order valence-electron chi connectivity index (χ1n) is 6.62. The molecule has 1 aromatic heterocycles. The molecule has 0 aliphatic carbocycles. The van der Waals surface area contributed by atoms with Crippen molar-refractivity contribution in [3.63, 3.8) is 0 Å². The Hall–Kier alpha value is -1.33. The molecule has 1 saturated heterocycles. The van der Waals surface area contributed by atoms with Crippen LogP contribution in [0.1, 0.15) is 18.7 Å². The summed E-state index contributed by atoms with van der Waals surface area (Å²) in [5, 5.41) is 12.3. The maximum Gasteiger partial charge on any atom is 0.247 e. The molecule has 0 radical (unpaired) electrons. The Balaban J connectivity index is 1.53. The van der Waals surface area contributed by atoms with Gasteiger partial charge in [-0.25, -0.2) is 0 Å². The highest BCUT2D eigenvalue weighted by Crippen LogP contribution is 2.25. The molecule has 0 spiro atoms. The molecule has 1 aliphatic heterocycles. The summed E-state index contributed by atoms with van der Waals surface area (Å²) in [5.74, 6) is 2.54. The van der Waals surface area contributed by atoms with Crippen LogP contribution in [-0.4, -0.2) is 27.7 Å². The first-order valence-corrected chi connectivity index (χ1v) is 7.67. The van der Waals surface area contributed by atoms with Crippen molar-refractivity contribution in [1.29, 1.82) is 0 Å². The summed E-state index contributed by atoms with van der Waals surface area (Å²) in [6.07, 6.45) is 2.66. The van der Waals surface area contributed by atoms with Crippen LogP contribution in [-0.2, 0) is 6.54 Å². The molecule has 0 bridgehead atoms. The molecule has 4 nitrogen and oxygen atoms in total. The number of nitrogens with one attached hydrogen (secondary N) is 1. The van der Waals surface area contributed by atoms with Gasteiger partial charge in [0.05, 0.1) is 6.54 Å². The molecule has 1 unspecified atom stereocenters. The summed E-state index contributed by atoms with van der Waals surface area (Å²) in [6.45, 7) is 1.67. The smallest absolute Gasteiger partial charge is 0.247 e. The first-order chi connectivity index (χ1) is 9.42. The van der Waals surface area contributed by atoms with Crippen LogP contribution in [0.3, 0.4) is 0 Å². The van der Waals surface area contributed by atoms with Gasteiger partial charge in [0.25, 0.3) is 0 Å². The SMILES string of the molecule is c1ccc(-c2nnc(CNCC3CCCS3)o2)cc1. The second-order valence-electron chi connectivity index (χ2n) is 4.63. The second-order valence-corrected chi connectivity index (χ2v) is 6.04. The molecule has 3 rings (SSSR count). The molecule has 1 fully saturated rings. The van der Waals surface area contributed by atoms with Crippen molar-refractivity contribution in [2.45, 2.75) is 24.6 Å². The van der Waals surface area contributed by atoms with Gasteiger partial charge in [-0.1, -0.05) is 18.2 Å². The van der Waals surface area contributed by atoms with Gasteiger partial charge in [0.1, 0.15) is 0 Å². The molecular formula is C14H17N3OS. The summed E-state index contributed by atoms with van der Waals surface area (Å²) in [5.41, 5.74) is 0.965. The lowest BCUT2D eigenvalue weighted by Gasteiger charge is -2.07. The van der Waals surface area contributed by atoms with Crippen LogP contribution < -0.4 is 5.32 Å². The minimum Gasteiger partial charge on any atom is -0.419 e. The van der Waals surface area contributed by atoms with E-state index in [1.54, 1.807) is 0 Å². The maximum absolute atomic E-state index is 5.64. The zero-order valence-electron chi connectivity index (χ0n) is 10.7. The number of hydrogen-bond acceptors (Lipinski definition) is 5. The van der Waals surface area contributed by atoms with Crippen molar-refractivity contribution in [1.82, 2.24) is 15.5 Å². The van der Waals surface area contributed by atoms with Crippen LogP contribution in [0.4, 0.5) is 0 Å². The minimum atomic E-state index is 0.590. The topological polar surface area (TPSA) is 51.0 Å². The van der Waals surface area contributed by atoms with E-state index in [2.05, 4.69) is 27.3 Å². The molecular weight excluding hydrogens is 258 g/mol. The van der Waals surface area contributed by atoms with Gasteiger partial charge in [0, 0.05) is 17.4 Å². The number of aromatic nitrogens is 2. The van der Waals surface area contributed by atoms with Crippen molar-refractivity contribution < 1.29 is 4.42 Å². The van der Waals surface area contributed by atoms with Crippen molar-refractivity contribution >= 4 is 11.8 Å². The summed E-state index contributed by atoms with van der Waals surface area (Å²) < 4.78 is 5.64. The summed E-state index contributed by atoms with van der Waals surface area (Å²) in [6, 6.07) is 9.85. The zero-order valence-corrected chi connectivity index (χ0v) is 11.5. The average molecular weight is 275 g/mol. The molecule has 2 heterocycles. The lowest BCUT2D eigenvalue weighted by Crippen LogP contribution is -2.22. The van der Waals surface area contributed by atoms with Crippen molar-refractivity contribution in [3.8, 4) is 11.5 Å². The fourth-order valence-electron chi connectivity index (χ4n) is 2.17. The lowest BCUT2D eigenvalue weighted by atomic mass is 10.2. The number of hydrogen-bond donors (Lipinski definition) is 1. The third-order valence-electron chi connectivity index (χ3n) is 3.16. The van der Waals surface area contributed by atoms with Gasteiger partial charge in [-0.15, -0.1) is 10.2 Å². The summed E-state index contributed by atoms with van der Waals surface area (Å²) in [4.78, 5) is 0. The van der Waals surface area contributed by atoms with Gasteiger partial charge in [-0.2, -0.15) is 11.8 Å². The van der Waals surface area contributed by atoms with E-state index in [1.807, 2.05) is 30.3 Å². The molecule has 2 aromatic rings. The van der Waals surface area contributed by atoms with Crippen LogP contribution in [0.15, 0.2) is 34.7 Å².